The van der Waals surface area contributed by atoms with Crippen molar-refractivity contribution >= 4 is 47.3 Å². The molecule has 0 radical (unpaired) electrons. The molecule has 0 aromatic heterocycles. The predicted octanol–water partition coefficient (Wildman–Crippen LogP) is 0.311. The molecule has 6 nitrogen and oxygen atoms in total. The molecule has 1 aliphatic heterocycles. The highest BCUT2D eigenvalue weighted by molar-refractivity contribution is 6.42. The molecule has 0 saturated carbocycles. The number of hydrogen-bond acceptors (Lipinski definition) is 3. The van der Waals surface area contributed by atoms with Gasteiger partial charge in [-0.3, -0.25) is 19.4 Å². The monoisotopic (exact) mass is 342 g/mol. The second-order valence-electron chi connectivity index (χ2n) is 4.85. The molecule has 1 saturated heterocycles. The Morgan fingerprint density at radius 2 is 1.68 bits per heavy atom. The zero-order chi connectivity index (χ0) is 16.4. The van der Waals surface area contributed by atoms with E-state index in [2.05, 4.69) is 4.99 Å². The molecule has 2 rings (SSSR count). The normalized spacial score (nSPS) is 17.0. The van der Waals surface area contributed by atoms with Gasteiger partial charge in [0.15, 0.2) is 18.7 Å². The van der Waals surface area contributed by atoms with E-state index in [1.807, 2.05) is 0 Å². The van der Waals surface area contributed by atoms with Crippen LogP contribution in [0.15, 0.2) is 18.2 Å². The SMILES string of the molecule is CN1C(=O)C(C=[NH+]Cc2ccc(Cl)c(Cl)c2)C(=O)N(C)C1=O. The average Bonchev–Trinajstić information content (AvgIpc) is 2.50. The molecule has 22 heavy (non-hydrogen) atoms. The lowest BCUT2D eigenvalue weighted by atomic mass is 10.1. The lowest BCUT2D eigenvalue weighted by molar-refractivity contribution is -0.471. The minimum atomic E-state index is -1.03. The molecular formula is C14H14Cl2N3O3+. The molecule has 1 N–H and O–H groups in total. The van der Waals surface area contributed by atoms with Crippen LogP contribution in [0.25, 0.3) is 0 Å². The summed E-state index contributed by atoms with van der Waals surface area (Å²) in [6.07, 6.45) is 1.38. The van der Waals surface area contributed by atoms with E-state index < -0.39 is 23.8 Å². The summed E-state index contributed by atoms with van der Waals surface area (Å²) in [5.41, 5.74) is 0.846. The summed E-state index contributed by atoms with van der Waals surface area (Å²) >= 11 is 11.7. The highest BCUT2D eigenvalue weighted by Gasteiger charge is 2.43. The Kier molecular flexibility index (Phi) is 4.83. The van der Waals surface area contributed by atoms with Crippen molar-refractivity contribution in [3.8, 4) is 0 Å². The van der Waals surface area contributed by atoms with Crippen LogP contribution < -0.4 is 4.99 Å². The van der Waals surface area contributed by atoms with E-state index in [0.29, 0.717) is 16.6 Å². The first kappa shape index (κ1) is 16.5. The van der Waals surface area contributed by atoms with Crippen molar-refractivity contribution in [3.63, 3.8) is 0 Å². The maximum Gasteiger partial charge on any atom is 0.332 e. The number of benzene rings is 1. The van der Waals surface area contributed by atoms with Gasteiger partial charge in [-0.2, -0.15) is 0 Å². The third-order valence-electron chi connectivity index (χ3n) is 3.34. The molecule has 0 atom stereocenters. The largest absolute Gasteiger partial charge is 0.332 e. The number of hydrogen-bond donors (Lipinski definition) is 1. The Balaban J connectivity index is 2.11. The Bertz CT molecular complexity index is 651. The van der Waals surface area contributed by atoms with E-state index in [1.165, 1.54) is 20.3 Å². The van der Waals surface area contributed by atoms with E-state index in [9.17, 15) is 14.4 Å². The van der Waals surface area contributed by atoms with Gasteiger partial charge in [-0.25, -0.2) is 9.79 Å². The third-order valence-corrected chi connectivity index (χ3v) is 4.08. The Morgan fingerprint density at radius 1 is 1.09 bits per heavy atom. The summed E-state index contributed by atoms with van der Waals surface area (Å²) in [7, 11) is 2.68. The number of urea groups is 1. The molecule has 4 amide bonds. The number of nitrogens with zero attached hydrogens (tertiary/aromatic N) is 2. The smallest absolute Gasteiger partial charge is 0.273 e. The summed E-state index contributed by atoms with van der Waals surface area (Å²) in [5, 5.41) is 0.879. The van der Waals surface area contributed by atoms with E-state index in [1.54, 1.807) is 18.2 Å². The zero-order valence-electron chi connectivity index (χ0n) is 12.0. The Labute approximate surface area is 137 Å². The van der Waals surface area contributed by atoms with Gasteiger partial charge < -0.3 is 0 Å². The summed E-state index contributed by atoms with van der Waals surface area (Å²) in [6.45, 7) is 0.370. The molecule has 1 aromatic rings. The van der Waals surface area contributed by atoms with Gasteiger partial charge >= 0.3 is 6.03 Å². The highest BCUT2D eigenvalue weighted by Crippen LogP contribution is 2.22. The molecule has 116 valence electrons. The number of halogens is 2. The minimum Gasteiger partial charge on any atom is -0.273 e. The number of nitrogens with one attached hydrogen (secondary N) is 1. The van der Waals surface area contributed by atoms with Crippen LogP contribution in [0.2, 0.25) is 10.0 Å². The van der Waals surface area contributed by atoms with E-state index in [4.69, 9.17) is 23.2 Å². The summed E-state index contributed by atoms with van der Waals surface area (Å²) in [6, 6.07) is 4.50. The van der Waals surface area contributed by atoms with Crippen LogP contribution in [-0.4, -0.2) is 48.0 Å². The van der Waals surface area contributed by atoms with Crippen LogP contribution in [-0.2, 0) is 16.1 Å². The van der Waals surface area contributed by atoms with Crippen molar-refractivity contribution in [1.82, 2.24) is 9.80 Å². The van der Waals surface area contributed by atoms with Crippen LogP contribution in [0.4, 0.5) is 4.79 Å². The Hall–Kier alpha value is -1.92. The van der Waals surface area contributed by atoms with Crippen LogP contribution in [0.5, 0.6) is 0 Å². The first-order chi connectivity index (χ1) is 10.3. The van der Waals surface area contributed by atoms with Gasteiger partial charge in [0, 0.05) is 19.7 Å². The molecule has 0 unspecified atom stereocenters. The zero-order valence-corrected chi connectivity index (χ0v) is 13.5. The maximum absolute atomic E-state index is 12.0. The molecule has 1 aliphatic rings. The van der Waals surface area contributed by atoms with Crippen molar-refractivity contribution in [2.24, 2.45) is 5.92 Å². The van der Waals surface area contributed by atoms with Gasteiger partial charge in [-0.15, -0.1) is 0 Å². The fourth-order valence-corrected chi connectivity index (χ4v) is 2.34. The van der Waals surface area contributed by atoms with Gasteiger partial charge in [0.2, 0.25) is 0 Å². The quantitative estimate of drug-likeness (QED) is 0.634. The lowest BCUT2D eigenvalue weighted by Gasteiger charge is -2.30. The van der Waals surface area contributed by atoms with Gasteiger partial charge in [0.1, 0.15) is 0 Å². The first-order valence-corrected chi connectivity index (χ1v) is 7.18. The third kappa shape index (κ3) is 3.13. The highest BCUT2D eigenvalue weighted by atomic mass is 35.5. The Morgan fingerprint density at radius 3 is 2.23 bits per heavy atom. The first-order valence-electron chi connectivity index (χ1n) is 6.42. The molecule has 0 spiro atoms. The molecule has 8 heteroatoms. The predicted molar refractivity (Wildman–Crippen MR) is 81.6 cm³/mol. The number of imide groups is 2. The van der Waals surface area contributed by atoms with E-state index in [0.717, 1.165) is 15.4 Å². The summed E-state index contributed by atoms with van der Waals surface area (Å²) < 4.78 is 0. The molecule has 0 bridgehead atoms. The van der Waals surface area contributed by atoms with Gasteiger partial charge in [0.25, 0.3) is 11.8 Å². The van der Waals surface area contributed by atoms with Crippen LogP contribution in [0.3, 0.4) is 0 Å². The van der Waals surface area contributed by atoms with Crippen molar-refractivity contribution in [1.29, 1.82) is 0 Å². The molecule has 1 fully saturated rings. The molecular weight excluding hydrogens is 329 g/mol. The van der Waals surface area contributed by atoms with Crippen LogP contribution >= 0.6 is 23.2 Å². The van der Waals surface area contributed by atoms with Crippen molar-refractivity contribution < 1.29 is 19.4 Å². The van der Waals surface area contributed by atoms with Crippen molar-refractivity contribution in [3.05, 3.63) is 33.8 Å². The molecule has 1 aromatic carbocycles. The van der Waals surface area contributed by atoms with Gasteiger partial charge in [0.05, 0.1) is 10.0 Å². The lowest BCUT2D eigenvalue weighted by Crippen LogP contribution is -2.71. The number of barbiturate groups is 1. The fourth-order valence-electron chi connectivity index (χ4n) is 2.02. The van der Waals surface area contributed by atoms with E-state index >= 15 is 0 Å². The van der Waals surface area contributed by atoms with Crippen molar-refractivity contribution in [2.75, 3.05) is 14.1 Å². The second kappa shape index (κ2) is 6.46. The minimum absolute atomic E-state index is 0.370. The summed E-state index contributed by atoms with van der Waals surface area (Å²) in [4.78, 5) is 40.3. The molecule has 0 aliphatic carbocycles. The topological polar surface area (TPSA) is 71.7 Å². The van der Waals surface area contributed by atoms with Crippen molar-refractivity contribution in [2.45, 2.75) is 6.54 Å². The van der Waals surface area contributed by atoms with Crippen LogP contribution in [0.1, 0.15) is 5.56 Å². The number of amides is 4. The maximum atomic E-state index is 12.0. The average molecular weight is 343 g/mol. The number of rotatable bonds is 3. The number of carbonyl (C=O) groups is 3. The van der Waals surface area contributed by atoms with E-state index in [-0.39, 0.29) is 0 Å². The number of carbonyl (C=O) groups excluding carboxylic acids is 3. The fraction of sp³-hybridized carbons (Fsp3) is 0.286. The van der Waals surface area contributed by atoms with Gasteiger partial charge in [-0.05, 0) is 12.1 Å². The standard InChI is InChI=1S/C14H13Cl2N3O3/c1-18-12(20)9(13(21)19(2)14(18)22)7-17-6-8-3-4-10(15)11(16)5-8/h3-5,7,9H,6H2,1-2H3/p+1. The second-order valence-corrected chi connectivity index (χ2v) is 5.67. The van der Waals surface area contributed by atoms with Crippen LogP contribution in [0, 0.1) is 5.92 Å². The molecule has 1 heterocycles. The van der Waals surface area contributed by atoms with Gasteiger partial charge in [-0.1, -0.05) is 29.3 Å². The summed E-state index contributed by atoms with van der Waals surface area (Å²) in [5.74, 6) is -2.15.